The average molecular weight is 304 g/mol. The van der Waals surface area contributed by atoms with E-state index in [2.05, 4.69) is 15.9 Å². The van der Waals surface area contributed by atoms with Gasteiger partial charge >= 0.3 is 6.18 Å². The number of halogens is 4. The molecule has 0 aliphatic rings. The monoisotopic (exact) mass is 303 g/mol. The minimum absolute atomic E-state index is 0.0762. The van der Waals surface area contributed by atoms with Crippen molar-refractivity contribution in [3.05, 3.63) is 46.4 Å². The van der Waals surface area contributed by atoms with Gasteiger partial charge in [0.05, 0.1) is 0 Å². The van der Waals surface area contributed by atoms with Crippen LogP contribution in [-0.4, -0.2) is 6.18 Å². The number of hydrogen-bond donors (Lipinski definition) is 1. The molecular weight excluding hydrogens is 295 g/mol. The Kier molecular flexibility index (Phi) is 3.14. The number of hydrogen-bond acceptors (Lipinski definition) is 1. The fraction of sp³-hybridized carbons (Fsp3) is 0.167. The number of benzene rings is 2. The lowest BCUT2D eigenvalue weighted by Gasteiger charge is -2.16. The number of nitrogens with two attached hydrogens (primary N) is 1. The van der Waals surface area contributed by atoms with Crippen molar-refractivity contribution in [2.24, 2.45) is 5.73 Å². The highest BCUT2D eigenvalue weighted by atomic mass is 79.9. The highest BCUT2D eigenvalue weighted by Gasteiger charge is 2.37. The summed E-state index contributed by atoms with van der Waals surface area (Å²) in [6.07, 6.45) is -4.41. The lowest BCUT2D eigenvalue weighted by molar-refractivity contribution is -0.149. The molecule has 2 N–H and O–H groups in total. The zero-order valence-corrected chi connectivity index (χ0v) is 10.2. The maximum absolute atomic E-state index is 12.5. The predicted molar refractivity (Wildman–Crippen MR) is 64.6 cm³/mol. The molecule has 0 radical (unpaired) electrons. The van der Waals surface area contributed by atoms with Crippen LogP contribution in [0.5, 0.6) is 0 Å². The quantitative estimate of drug-likeness (QED) is 0.841. The van der Waals surface area contributed by atoms with Gasteiger partial charge in [-0.15, -0.1) is 0 Å². The molecular formula is C12H9BrF3N. The summed E-state index contributed by atoms with van der Waals surface area (Å²) in [4.78, 5) is 0. The first-order valence-corrected chi connectivity index (χ1v) is 5.69. The molecule has 0 saturated heterocycles. The zero-order valence-electron chi connectivity index (χ0n) is 8.63. The Labute approximate surface area is 105 Å². The van der Waals surface area contributed by atoms with Gasteiger partial charge in [0.15, 0.2) is 0 Å². The van der Waals surface area contributed by atoms with Crippen molar-refractivity contribution in [3.63, 3.8) is 0 Å². The number of fused-ring (bicyclic) bond motifs is 1. The number of rotatable bonds is 1. The zero-order chi connectivity index (χ0) is 12.6. The maximum atomic E-state index is 12.5. The van der Waals surface area contributed by atoms with E-state index in [9.17, 15) is 13.2 Å². The van der Waals surface area contributed by atoms with Gasteiger partial charge in [-0.2, -0.15) is 13.2 Å². The Bertz CT molecular complexity index is 551. The molecule has 5 heteroatoms. The molecule has 1 nitrogen and oxygen atoms in total. The fourth-order valence-electron chi connectivity index (χ4n) is 1.62. The molecule has 0 saturated carbocycles. The predicted octanol–water partition coefficient (Wildman–Crippen LogP) is 4.16. The van der Waals surface area contributed by atoms with Crippen LogP contribution in [0.3, 0.4) is 0 Å². The van der Waals surface area contributed by atoms with Crippen LogP contribution in [0.15, 0.2) is 40.9 Å². The first kappa shape index (κ1) is 12.4. The van der Waals surface area contributed by atoms with Crippen LogP contribution in [0.2, 0.25) is 0 Å². The standard InChI is InChI=1S/C12H9BrF3N/c13-10-4-3-7-5-9(2-1-8(7)6-10)11(17)12(14,15)16/h1-6,11H,17H2/t11-/m0/s1. The SMILES string of the molecule is N[C@@H](c1ccc2cc(Br)ccc2c1)C(F)(F)F. The Morgan fingerprint density at radius 2 is 1.59 bits per heavy atom. The van der Waals surface area contributed by atoms with Gasteiger partial charge in [-0.25, -0.2) is 0 Å². The Morgan fingerprint density at radius 1 is 1.00 bits per heavy atom. The fourth-order valence-corrected chi connectivity index (χ4v) is 2.00. The molecule has 0 bridgehead atoms. The van der Waals surface area contributed by atoms with Gasteiger partial charge in [0.2, 0.25) is 0 Å². The summed E-state index contributed by atoms with van der Waals surface area (Å²) in [7, 11) is 0. The topological polar surface area (TPSA) is 26.0 Å². The van der Waals surface area contributed by atoms with Crippen LogP contribution in [0.1, 0.15) is 11.6 Å². The maximum Gasteiger partial charge on any atom is 0.407 e. The molecule has 17 heavy (non-hydrogen) atoms. The van der Waals surface area contributed by atoms with Crippen molar-refractivity contribution in [1.82, 2.24) is 0 Å². The van der Waals surface area contributed by atoms with Crippen molar-refractivity contribution in [2.75, 3.05) is 0 Å². The Balaban J connectivity index is 2.48. The summed E-state index contributed by atoms with van der Waals surface area (Å²) in [6.45, 7) is 0. The molecule has 0 spiro atoms. The van der Waals surface area contributed by atoms with Crippen molar-refractivity contribution in [1.29, 1.82) is 0 Å². The Hall–Kier alpha value is -1.07. The second-order valence-electron chi connectivity index (χ2n) is 3.77. The third kappa shape index (κ3) is 2.61. The molecule has 90 valence electrons. The van der Waals surface area contributed by atoms with E-state index < -0.39 is 12.2 Å². The van der Waals surface area contributed by atoms with Crippen LogP contribution in [0, 0.1) is 0 Å². The van der Waals surface area contributed by atoms with Gasteiger partial charge in [0.25, 0.3) is 0 Å². The van der Waals surface area contributed by atoms with Crippen LogP contribution < -0.4 is 5.73 Å². The first-order valence-electron chi connectivity index (χ1n) is 4.89. The van der Waals surface area contributed by atoms with Gasteiger partial charge in [-0.3, -0.25) is 0 Å². The average Bonchev–Trinajstić information content (AvgIpc) is 2.26. The molecule has 0 aliphatic heterocycles. The highest BCUT2D eigenvalue weighted by molar-refractivity contribution is 9.10. The largest absolute Gasteiger partial charge is 0.407 e. The van der Waals surface area contributed by atoms with Crippen LogP contribution >= 0.6 is 15.9 Å². The van der Waals surface area contributed by atoms with Gasteiger partial charge in [-0.1, -0.05) is 34.1 Å². The number of alkyl halides is 3. The third-order valence-corrected chi connectivity index (χ3v) is 3.03. The van der Waals surface area contributed by atoms with E-state index in [1.165, 1.54) is 12.1 Å². The summed E-state index contributed by atoms with van der Waals surface area (Å²) >= 11 is 3.31. The molecule has 0 aromatic heterocycles. The normalized spacial score (nSPS) is 13.9. The summed E-state index contributed by atoms with van der Waals surface area (Å²) in [6, 6.07) is 7.97. The lowest BCUT2D eigenvalue weighted by atomic mass is 10.0. The summed E-state index contributed by atoms with van der Waals surface area (Å²) in [5, 5.41) is 1.61. The Morgan fingerprint density at radius 3 is 2.24 bits per heavy atom. The molecule has 0 heterocycles. The van der Waals surface area contributed by atoms with Gasteiger partial charge in [0, 0.05) is 4.47 Å². The highest BCUT2D eigenvalue weighted by Crippen LogP contribution is 2.32. The molecule has 1 atom stereocenters. The molecule has 2 rings (SSSR count). The summed E-state index contributed by atoms with van der Waals surface area (Å²) < 4.78 is 38.3. The molecule has 0 unspecified atom stereocenters. The summed E-state index contributed by atoms with van der Waals surface area (Å²) in [5.74, 6) is 0. The smallest absolute Gasteiger partial charge is 0.316 e. The van der Waals surface area contributed by atoms with Gasteiger partial charge < -0.3 is 5.73 Å². The molecule has 2 aromatic carbocycles. The molecule has 2 aromatic rings. The van der Waals surface area contributed by atoms with E-state index in [0.29, 0.717) is 0 Å². The van der Waals surface area contributed by atoms with E-state index >= 15 is 0 Å². The van der Waals surface area contributed by atoms with Crippen molar-refractivity contribution < 1.29 is 13.2 Å². The van der Waals surface area contributed by atoms with Crippen molar-refractivity contribution in [3.8, 4) is 0 Å². The van der Waals surface area contributed by atoms with Crippen molar-refractivity contribution in [2.45, 2.75) is 12.2 Å². The first-order chi connectivity index (χ1) is 7.88. The van der Waals surface area contributed by atoms with Crippen LogP contribution in [0.4, 0.5) is 13.2 Å². The van der Waals surface area contributed by atoms with E-state index in [0.717, 1.165) is 15.2 Å². The summed E-state index contributed by atoms with van der Waals surface area (Å²) in [5.41, 5.74) is 5.23. The van der Waals surface area contributed by atoms with Crippen molar-refractivity contribution >= 4 is 26.7 Å². The van der Waals surface area contributed by atoms with Gasteiger partial charge in [0.1, 0.15) is 6.04 Å². The minimum Gasteiger partial charge on any atom is -0.316 e. The second kappa shape index (κ2) is 4.31. The van der Waals surface area contributed by atoms with E-state index in [1.807, 2.05) is 6.07 Å². The lowest BCUT2D eigenvalue weighted by Crippen LogP contribution is -2.28. The van der Waals surface area contributed by atoms with E-state index in [-0.39, 0.29) is 5.56 Å². The van der Waals surface area contributed by atoms with Crippen LogP contribution in [-0.2, 0) is 0 Å². The molecule has 0 amide bonds. The third-order valence-electron chi connectivity index (χ3n) is 2.54. The van der Waals surface area contributed by atoms with Crippen LogP contribution in [0.25, 0.3) is 10.8 Å². The van der Waals surface area contributed by atoms with E-state index in [4.69, 9.17) is 5.73 Å². The minimum atomic E-state index is -4.41. The van der Waals surface area contributed by atoms with Gasteiger partial charge in [-0.05, 0) is 34.5 Å². The molecule has 0 aliphatic carbocycles. The van der Waals surface area contributed by atoms with E-state index in [1.54, 1.807) is 18.2 Å². The second-order valence-corrected chi connectivity index (χ2v) is 4.69. The molecule has 0 fully saturated rings.